The van der Waals surface area contributed by atoms with Crippen LogP contribution in [-0.4, -0.2) is 36.3 Å². The SMILES string of the molecule is CN1CCc2c([nH]c3ccccc23)[C@H]1c1c(O)n(I)c(=O)[nH]c1=O. The number of hydrogen-bond acceptors (Lipinski definition) is 4. The van der Waals surface area contributed by atoms with E-state index in [0.29, 0.717) is 0 Å². The Morgan fingerprint density at radius 2 is 2.00 bits per heavy atom. The number of aromatic hydroxyl groups is 1. The highest BCUT2D eigenvalue weighted by atomic mass is 127. The summed E-state index contributed by atoms with van der Waals surface area (Å²) in [5.74, 6) is -0.312. The summed E-state index contributed by atoms with van der Waals surface area (Å²) < 4.78 is 1.03. The molecule has 0 spiro atoms. The first-order valence-electron chi connectivity index (χ1n) is 7.53. The molecular formula is C16H15IN4O3. The Kier molecular flexibility index (Phi) is 3.53. The van der Waals surface area contributed by atoms with E-state index in [0.717, 1.165) is 37.9 Å². The minimum absolute atomic E-state index is 0.180. The Labute approximate surface area is 150 Å². The predicted molar refractivity (Wildman–Crippen MR) is 98.9 cm³/mol. The van der Waals surface area contributed by atoms with Gasteiger partial charge in [-0.25, -0.2) is 7.58 Å². The van der Waals surface area contributed by atoms with Crippen LogP contribution in [0.25, 0.3) is 10.9 Å². The number of rotatable bonds is 1. The fourth-order valence-corrected chi connectivity index (χ4v) is 3.87. The normalized spacial score (nSPS) is 18.0. The zero-order valence-corrected chi connectivity index (χ0v) is 15.0. The van der Waals surface area contributed by atoms with Gasteiger partial charge in [0.05, 0.1) is 28.9 Å². The third kappa shape index (κ3) is 2.13. The highest BCUT2D eigenvalue weighted by Gasteiger charge is 2.34. The van der Waals surface area contributed by atoms with Crippen molar-refractivity contribution in [1.82, 2.24) is 17.6 Å². The largest absolute Gasteiger partial charge is 0.493 e. The lowest BCUT2D eigenvalue weighted by Gasteiger charge is -2.32. The Morgan fingerprint density at radius 3 is 2.79 bits per heavy atom. The van der Waals surface area contributed by atoms with Crippen LogP contribution in [0.5, 0.6) is 5.88 Å². The fraction of sp³-hybridized carbons (Fsp3) is 0.250. The van der Waals surface area contributed by atoms with E-state index < -0.39 is 17.3 Å². The number of benzene rings is 1. The Morgan fingerprint density at radius 1 is 1.25 bits per heavy atom. The van der Waals surface area contributed by atoms with E-state index in [1.165, 1.54) is 0 Å². The maximum Gasteiger partial charge on any atom is 0.340 e. The number of para-hydroxylation sites is 1. The summed E-state index contributed by atoms with van der Waals surface area (Å²) in [6.45, 7) is 0.749. The van der Waals surface area contributed by atoms with Crippen molar-refractivity contribution >= 4 is 33.8 Å². The van der Waals surface area contributed by atoms with Crippen LogP contribution in [-0.2, 0) is 6.42 Å². The summed E-state index contributed by atoms with van der Waals surface area (Å²) in [7, 11) is 1.90. The molecule has 0 unspecified atom stereocenters. The van der Waals surface area contributed by atoms with Crippen LogP contribution in [0, 0.1) is 0 Å². The van der Waals surface area contributed by atoms with E-state index in [4.69, 9.17) is 0 Å². The van der Waals surface area contributed by atoms with Crippen LogP contribution < -0.4 is 11.2 Å². The van der Waals surface area contributed by atoms with Gasteiger partial charge in [0.1, 0.15) is 5.56 Å². The molecule has 24 heavy (non-hydrogen) atoms. The lowest BCUT2D eigenvalue weighted by Crippen LogP contribution is -2.38. The standard InChI is InChI=1S/C16H15IN4O3/c1-20-7-6-9-8-4-2-3-5-10(8)18-12(9)13(20)11-14(22)19-16(24)21(17)15(11)23/h2-5,13,18,23H,6-7H2,1H3,(H,19,22,24)/t13-/m1/s1. The second kappa shape index (κ2) is 5.49. The smallest absolute Gasteiger partial charge is 0.340 e. The van der Waals surface area contributed by atoms with Gasteiger partial charge in [-0.2, -0.15) is 0 Å². The van der Waals surface area contributed by atoms with Crippen LogP contribution in [0.2, 0.25) is 0 Å². The first-order chi connectivity index (χ1) is 11.5. The molecule has 1 atom stereocenters. The van der Waals surface area contributed by atoms with E-state index in [9.17, 15) is 14.7 Å². The molecule has 0 fully saturated rings. The third-order valence-electron chi connectivity index (χ3n) is 4.62. The van der Waals surface area contributed by atoms with Crippen molar-refractivity contribution in [3.63, 3.8) is 0 Å². The maximum atomic E-state index is 12.4. The minimum Gasteiger partial charge on any atom is -0.493 e. The highest BCUT2D eigenvalue weighted by Crippen LogP contribution is 2.38. The van der Waals surface area contributed by atoms with Crippen LogP contribution in [0.3, 0.4) is 0 Å². The Balaban J connectivity index is 2.03. The van der Waals surface area contributed by atoms with Gasteiger partial charge in [-0.15, -0.1) is 0 Å². The van der Waals surface area contributed by atoms with Gasteiger partial charge < -0.3 is 10.1 Å². The molecule has 7 nitrogen and oxygen atoms in total. The average molecular weight is 438 g/mol. The van der Waals surface area contributed by atoms with Crippen molar-refractivity contribution in [3.8, 4) is 5.88 Å². The lowest BCUT2D eigenvalue weighted by atomic mass is 9.94. The average Bonchev–Trinajstić information content (AvgIpc) is 2.93. The topological polar surface area (TPSA) is 94.1 Å². The minimum atomic E-state index is -0.641. The van der Waals surface area contributed by atoms with E-state index >= 15 is 0 Å². The fourth-order valence-electron chi connectivity index (χ4n) is 3.49. The number of nitrogens with one attached hydrogen (secondary N) is 2. The molecule has 2 aromatic heterocycles. The summed E-state index contributed by atoms with van der Waals surface area (Å²) in [5.41, 5.74) is 2.02. The molecule has 3 aromatic rings. The molecule has 1 aliphatic heterocycles. The van der Waals surface area contributed by atoms with Gasteiger partial charge in [-0.1, -0.05) is 18.2 Å². The number of halogens is 1. The van der Waals surface area contributed by atoms with Crippen LogP contribution in [0.1, 0.15) is 22.9 Å². The van der Waals surface area contributed by atoms with Crippen LogP contribution in [0.4, 0.5) is 0 Å². The molecular weight excluding hydrogens is 423 g/mol. The molecule has 0 aliphatic carbocycles. The molecule has 0 bridgehead atoms. The molecule has 8 heteroatoms. The second-order valence-corrected chi connectivity index (χ2v) is 6.94. The number of nitrogens with zero attached hydrogens (tertiary/aromatic N) is 2. The van der Waals surface area contributed by atoms with Crippen molar-refractivity contribution in [2.24, 2.45) is 0 Å². The van der Waals surface area contributed by atoms with E-state index in [2.05, 4.69) is 16.0 Å². The van der Waals surface area contributed by atoms with E-state index in [1.54, 1.807) is 22.9 Å². The van der Waals surface area contributed by atoms with E-state index in [-0.39, 0.29) is 11.4 Å². The zero-order valence-electron chi connectivity index (χ0n) is 12.8. The lowest BCUT2D eigenvalue weighted by molar-refractivity contribution is 0.253. The maximum absolute atomic E-state index is 12.4. The first kappa shape index (κ1) is 15.5. The summed E-state index contributed by atoms with van der Waals surface area (Å²) >= 11 is 1.68. The van der Waals surface area contributed by atoms with Crippen molar-refractivity contribution in [1.29, 1.82) is 0 Å². The molecule has 3 N–H and O–H groups in total. The molecule has 4 rings (SSSR count). The van der Waals surface area contributed by atoms with Crippen molar-refractivity contribution in [2.75, 3.05) is 13.6 Å². The van der Waals surface area contributed by atoms with Gasteiger partial charge in [0.2, 0.25) is 5.88 Å². The summed E-state index contributed by atoms with van der Waals surface area (Å²) in [5, 5.41) is 11.6. The molecule has 0 amide bonds. The van der Waals surface area contributed by atoms with Crippen LogP contribution in [0.15, 0.2) is 33.9 Å². The first-order valence-corrected chi connectivity index (χ1v) is 8.49. The van der Waals surface area contributed by atoms with Gasteiger partial charge in [0.25, 0.3) is 5.56 Å². The molecule has 124 valence electrons. The molecule has 1 aliphatic rings. The number of hydrogen-bond donors (Lipinski definition) is 3. The molecule has 0 saturated carbocycles. The highest BCUT2D eigenvalue weighted by molar-refractivity contribution is 14.1. The zero-order chi connectivity index (χ0) is 17.0. The van der Waals surface area contributed by atoms with Crippen molar-refractivity contribution < 1.29 is 5.11 Å². The molecule has 0 saturated heterocycles. The molecule has 0 radical (unpaired) electrons. The van der Waals surface area contributed by atoms with E-state index in [1.807, 2.05) is 30.1 Å². The quantitative estimate of drug-likeness (QED) is 0.502. The van der Waals surface area contributed by atoms with Gasteiger partial charge in [-0.05, 0) is 25.1 Å². The number of likely N-dealkylation sites (N-methyl/N-ethyl adjacent to an activating group) is 1. The Bertz CT molecular complexity index is 1070. The number of aromatic nitrogens is 3. The van der Waals surface area contributed by atoms with Crippen molar-refractivity contribution in [2.45, 2.75) is 12.5 Å². The monoisotopic (exact) mass is 438 g/mol. The van der Waals surface area contributed by atoms with Gasteiger partial charge in [0, 0.05) is 23.1 Å². The Hall–Kier alpha value is -2.07. The summed E-state index contributed by atoms with van der Waals surface area (Å²) in [6, 6.07) is 7.55. The number of fused-ring (bicyclic) bond motifs is 3. The number of aromatic amines is 2. The van der Waals surface area contributed by atoms with Gasteiger partial charge in [0.15, 0.2) is 0 Å². The van der Waals surface area contributed by atoms with Crippen molar-refractivity contribution in [3.05, 3.63) is 61.9 Å². The summed E-state index contributed by atoms with van der Waals surface area (Å²) in [6.07, 6.45) is 0.856. The van der Waals surface area contributed by atoms with Gasteiger partial charge >= 0.3 is 5.69 Å². The predicted octanol–water partition coefficient (Wildman–Crippen LogP) is 1.50. The number of H-pyrrole nitrogens is 2. The summed E-state index contributed by atoms with van der Waals surface area (Å²) in [4.78, 5) is 31.8. The second-order valence-electron chi connectivity index (χ2n) is 5.97. The van der Waals surface area contributed by atoms with Gasteiger partial charge in [-0.3, -0.25) is 14.7 Å². The van der Waals surface area contributed by atoms with Crippen LogP contribution >= 0.6 is 22.9 Å². The molecule has 3 heterocycles. The molecule has 1 aromatic carbocycles. The third-order valence-corrected chi connectivity index (χ3v) is 5.51.